The monoisotopic (exact) mass is 531 g/mol. The fourth-order valence-corrected chi connectivity index (χ4v) is 5.65. The molecule has 1 heterocycles. The van der Waals surface area contributed by atoms with Crippen LogP contribution in [0.2, 0.25) is 0 Å². The Bertz CT molecular complexity index is 1310. The van der Waals surface area contributed by atoms with Gasteiger partial charge in [0.15, 0.2) is 0 Å². The first-order chi connectivity index (χ1) is 19.6. The Morgan fingerprint density at radius 3 is 1.85 bits per heavy atom. The highest BCUT2D eigenvalue weighted by Gasteiger charge is 2.26. The SMILES string of the molecule is CC(=O)N(Cc1ccc(-c2ccc(CNCCc3ccccc3)cc2)cc1)C1CCN(Cc2ccccc2)CC1. The Balaban J connectivity index is 1.10. The molecule has 0 unspecified atom stereocenters. The van der Waals surface area contributed by atoms with Gasteiger partial charge in [-0.1, -0.05) is 109 Å². The van der Waals surface area contributed by atoms with Gasteiger partial charge in [-0.25, -0.2) is 0 Å². The van der Waals surface area contributed by atoms with E-state index in [4.69, 9.17) is 0 Å². The molecule has 4 aromatic rings. The van der Waals surface area contributed by atoms with Gasteiger partial charge in [-0.15, -0.1) is 0 Å². The fraction of sp³-hybridized carbons (Fsp3) is 0.306. The predicted molar refractivity (Wildman–Crippen MR) is 165 cm³/mol. The van der Waals surface area contributed by atoms with Crippen LogP contribution in [-0.2, 0) is 30.8 Å². The van der Waals surface area contributed by atoms with Gasteiger partial charge in [-0.2, -0.15) is 0 Å². The molecule has 206 valence electrons. The minimum atomic E-state index is 0.165. The second kappa shape index (κ2) is 14.1. The summed E-state index contributed by atoms with van der Waals surface area (Å²) in [6, 6.07) is 39.1. The average Bonchev–Trinajstić information content (AvgIpc) is 3.00. The Labute approximate surface area is 239 Å². The van der Waals surface area contributed by atoms with E-state index >= 15 is 0 Å². The number of nitrogens with one attached hydrogen (secondary N) is 1. The molecule has 1 N–H and O–H groups in total. The lowest BCUT2D eigenvalue weighted by Gasteiger charge is -2.38. The van der Waals surface area contributed by atoms with Crippen molar-refractivity contribution in [2.24, 2.45) is 0 Å². The van der Waals surface area contributed by atoms with Crippen LogP contribution in [0.25, 0.3) is 11.1 Å². The summed E-state index contributed by atoms with van der Waals surface area (Å²) in [6.07, 6.45) is 3.09. The minimum absolute atomic E-state index is 0.165. The highest BCUT2D eigenvalue weighted by Crippen LogP contribution is 2.24. The molecule has 1 amide bonds. The number of piperidine rings is 1. The van der Waals surface area contributed by atoms with Crippen molar-refractivity contribution in [1.29, 1.82) is 0 Å². The number of nitrogens with zero attached hydrogens (tertiary/aromatic N) is 2. The molecule has 4 nitrogen and oxygen atoms in total. The van der Waals surface area contributed by atoms with Crippen molar-refractivity contribution in [2.75, 3.05) is 19.6 Å². The molecule has 0 saturated carbocycles. The van der Waals surface area contributed by atoms with Crippen LogP contribution in [0.15, 0.2) is 109 Å². The van der Waals surface area contributed by atoms with Crippen molar-refractivity contribution in [3.63, 3.8) is 0 Å². The number of hydrogen-bond donors (Lipinski definition) is 1. The van der Waals surface area contributed by atoms with E-state index in [0.717, 1.165) is 52.0 Å². The summed E-state index contributed by atoms with van der Waals surface area (Å²) in [4.78, 5) is 17.2. The lowest BCUT2D eigenvalue weighted by Crippen LogP contribution is -2.46. The van der Waals surface area contributed by atoms with Gasteiger partial charge in [0.1, 0.15) is 0 Å². The highest BCUT2D eigenvalue weighted by atomic mass is 16.2. The first kappa shape index (κ1) is 27.8. The van der Waals surface area contributed by atoms with Crippen LogP contribution >= 0.6 is 0 Å². The smallest absolute Gasteiger partial charge is 0.219 e. The molecule has 0 bridgehead atoms. The lowest BCUT2D eigenvalue weighted by molar-refractivity contribution is -0.132. The van der Waals surface area contributed by atoms with Gasteiger partial charge in [0, 0.05) is 45.7 Å². The summed E-state index contributed by atoms with van der Waals surface area (Å²) in [5.74, 6) is 0.165. The number of amides is 1. The summed E-state index contributed by atoms with van der Waals surface area (Å²) < 4.78 is 0. The number of likely N-dealkylation sites (tertiary alicyclic amines) is 1. The molecule has 0 aliphatic carbocycles. The quantitative estimate of drug-likeness (QED) is 0.219. The van der Waals surface area contributed by atoms with Crippen LogP contribution in [0.1, 0.15) is 42.0 Å². The maximum Gasteiger partial charge on any atom is 0.219 e. The van der Waals surface area contributed by atoms with E-state index in [-0.39, 0.29) is 5.91 Å². The van der Waals surface area contributed by atoms with E-state index in [9.17, 15) is 4.79 Å². The topological polar surface area (TPSA) is 35.6 Å². The van der Waals surface area contributed by atoms with E-state index in [2.05, 4.69) is 124 Å². The zero-order chi connectivity index (χ0) is 27.6. The van der Waals surface area contributed by atoms with Gasteiger partial charge in [-0.05, 0) is 59.2 Å². The Kier molecular flexibility index (Phi) is 9.78. The van der Waals surface area contributed by atoms with Crippen molar-refractivity contribution >= 4 is 5.91 Å². The van der Waals surface area contributed by atoms with Gasteiger partial charge < -0.3 is 10.2 Å². The Morgan fingerprint density at radius 1 is 0.725 bits per heavy atom. The normalized spacial score (nSPS) is 14.2. The number of rotatable bonds is 11. The zero-order valence-electron chi connectivity index (χ0n) is 23.6. The van der Waals surface area contributed by atoms with Crippen molar-refractivity contribution in [3.8, 4) is 11.1 Å². The first-order valence-corrected chi connectivity index (χ1v) is 14.6. The summed E-state index contributed by atoms with van der Waals surface area (Å²) >= 11 is 0. The molecule has 4 heteroatoms. The van der Waals surface area contributed by atoms with Gasteiger partial charge in [-0.3, -0.25) is 9.69 Å². The average molecular weight is 532 g/mol. The molecule has 1 aliphatic heterocycles. The third-order valence-electron chi connectivity index (χ3n) is 8.01. The number of carbonyl (C=O) groups excluding carboxylic acids is 1. The van der Waals surface area contributed by atoms with E-state index in [1.807, 2.05) is 0 Å². The summed E-state index contributed by atoms with van der Waals surface area (Å²) in [5.41, 5.74) is 7.62. The van der Waals surface area contributed by atoms with Crippen LogP contribution in [0, 0.1) is 0 Å². The molecule has 40 heavy (non-hydrogen) atoms. The third kappa shape index (κ3) is 7.91. The summed E-state index contributed by atoms with van der Waals surface area (Å²) in [5, 5.41) is 3.55. The van der Waals surface area contributed by atoms with Gasteiger partial charge >= 0.3 is 0 Å². The van der Waals surface area contributed by atoms with Gasteiger partial charge in [0.25, 0.3) is 0 Å². The molecule has 0 spiro atoms. The molecule has 4 aromatic carbocycles. The molecule has 1 saturated heterocycles. The van der Waals surface area contributed by atoms with E-state index in [1.165, 1.54) is 33.4 Å². The Morgan fingerprint density at radius 2 is 1.27 bits per heavy atom. The first-order valence-electron chi connectivity index (χ1n) is 14.6. The molecule has 1 aliphatic rings. The summed E-state index contributed by atoms with van der Waals surface area (Å²) in [6.45, 7) is 7.27. The molecule has 5 rings (SSSR count). The van der Waals surface area contributed by atoms with E-state index < -0.39 is 0 Å². The molecule has 1 fully saturated rings. The maximum absolute atomic E-state index is 12.6. The second-order valence-electron chi connectivity index (χ2n) is 10.9. The van der Waals surface area contributed by atoms with Gasteiger partial charge in [0.05, 0.1) is 0 Å². The van der Waals surface area contributed by atoms with Crippen LogP contribution in [-0.4, -0.2) is 41.4 Å². The predicted octanol–water partition coefficient (Wildman–Crippen LogP) is 6.70. The van der Waals surface area contributed by atoms with Crippen molar-refractivity contribution in [2.45, 2.75) is 51.9 Å². The minimum Gasteiger partial charge on any atom is -0.336 e. The standard InChI is InChI=1S/C36H41N3O/c1-29(40)39(36-21-24-38(25-22-36)27-32-10-6-3-7-11-32)28-33-14-18-35(19-15-33)34-16-12-31(13-17-34)26-37-23-20-30-8-4-2-5-9-30/h2-19,36-37H,20-28H2,1H3. The number of hydrogen-bond acceptors (Lipinski definition) is 3. The van der Waals surface area contributed by atoms with E-state index in [0.29, 0.717) is 12.6 Å². The van der Waals surface area contributed by atoms with Crippen LogP contribution in [0.3, 0.4) is 0 Å². The van der Waals surface area contributed by atoms with Crippen molar-refractivity contribution in [3.05, 3.63) is 131 Å². The zero-order valence-corrected chi connectivity index (χ0v) is 23.6. The molecular formula is C36H41N3O. The Hall–Kier alpha value is -3.73. The van der Waals surface area contributed by atoms with Gasteiger partial charge in [0.2, 0.25) is 5.91 Å². The molecule has 0 aromatic heterocycles. The molecule has 0 atom stereocenters. The lowest BCUT2D eigenvalue weighted by atomic mass is 10.00. The highest BCUT2D eigenvalue weighted by molar-refractivity contribution is 5.73. The van der Waals surface area contributed by atoms with Crippen LogP contribution in [0.4, 0.5) is 0 Å². The number of benzene rings is 4. The second-order valence-corrected chi connectivity index (χ2v) is 10.9. The summed E-state index contributed by atoms with van der Waals surface area (Å²) in [7, 11) is 0. The largest absolute Gasteiger partial charge is 0.336 e. The van der Waals surface area contributed by atoms with Crippen molar-refractivity contribution < 1.29 is 4.79 Å². The fourth-order valence-electron chi connectivity index (χ4n) is 5.65. The number of carbonyl (C=O) groups is 1. The third-order valence-corrected chi connectivity index (χ3v) is 8.01. The van der Waals surface area contributed by atoms with Crippen LogP contribution in [0.5, 0.6) is 0 Å². The van der Waals surface area contributed by atoms with Crippen molar-refractivity contribution in [1.82, 2.24) is 15.1 Å². The van der Waals surface area contributed by atoms with E-state index in [1.54, 1.807) is 6.92 Å². The molecular weight excluding hydrogens is 490 g/mol. The van der Waals surface area contributed by atoms with Crippen LogP contribution < -0.4 is 5.32 Å². The maximum atomic E-state index is 12.6. The molecule has 0 radical (unpaired) electrons.